The van der Waals surface area contributed by atoms with Gasteiger partial charge in [-0.3, -0.25) is 4.79 Å². The molecule has 3 aromatic rings. The van der Waals surface area contributed by atoms with Crippen LogP contribution in [-0.4, -0.2) is 20.7 Å². The van der Waals surface area contributed by atoms with Crippen molar-refractivity contribution in [2.24, 2.45) is 0 Å². The number of ketones is 1. The minimum atomic E-state index is -0.246. The molecule has 0 unspecified atom stereocenters. The molecule has 0 fully saturated rings. The van der Waals surface area contributed by atoms with E-state index in [-0.39, 0.29) is 17.5 Å². The first-order valence-electron chi connectivity index (χ1n) is 8.45. The van der Waals surface area contributed by atoms with E-state index < -0.39 is 0 Å². The van der Waals surface area contributed by atoms with Crippen molar-refractivity contribution in [2.75, 3.05) is 0 Å². The Hall–Kier alpha value is -2.76. The highest BCUT2D eigenvalue weighted by atomic mass is 19.1. The summed E-state index contributed by atoms with van der Waals surface area (Å²) in [4.78, 5) is 23.2. The maximum absolute atomic E-state index is 13.0. The van der Waals surface area contributed by atoms with Crippen LogP contribution in [0, 0.1) is 5.82 Å². The number of benzene rings is 1. The number of nitrogens with zero attached hydrogens (tertiary/aromatic N) is 2. The summed E-state index contributed by atoms with van der Waals surface area (Å²) in [6, 6.07) is 6.35. The number of nitrogens with one attached hydrogen (secondary N) is 1. The van der Waals surface area contributed by atoms with Gasteiger partial charge in [-0.1, -0.05) is 12.8 Å². The lowest BCUT2D eigenvalue weighted by Crippen LogP contribution is -1.99. The molecule has 0 aliphatic rings. The molecule has 0 spiro atoms. The number of carbonyl (C=O) groups excluding carboxylic acids is 1. The molecule has 1 N–H and O–H groups in total. The number of aromatic amines is 1. The lowest BCUT2D eigenvalue weighted by atomic mass is 10.1. The van der Waals surface area contributed by atoms with Crippen molar-refractivity contribution >= 4 is 5.78 Å². The van der Waals surface area contributed by atoms with Gasteiger partial charge in [-0.05, 0) is 42.7 Å². The predicted octanol–water partition coefficient (Wildman–Crippen LogP) is 4.58. The molecule has 0 aliphatic carbocycles. The van der Waals surface area contributed by atoms with Gasteiger partial charge in [0.05, 0.1) is 18.1 Å². The van der Waals surface area contributed by atoms with Crippen LogP contribution in [0.4, 0.5) is 4.39 Å². The van der Waals surface area contributed by atoms with Gasteiger partial charge in [0.15, 0.2) is 0 Å². The molecule has 0 amide bonds. The number of carbonyl (C=O) groups is 1. The zero-order valence-corrected chi connectivity index (χ0v) is 13.9. The number of imidazole rings is 1. The number of oxazole rings is 1. The van der Waals surface area contributed by atoms with E-state index in [4.69, 9.17) is 4.42 Å². The molecule has 2 heterocycles. The Labute approximate surface area is 145 Å². The molecule has 5 nitrogen and oxygen atoms in total. The predicted molar refractivity (Wildman–Crippen MR) is 91.6 cm³/mol. The van der Waals surface area contributed by atoms with Crippen molar-refractivity contribution < 1.29 is 13.6 Å². The number of unbranched alkanes of at least 4 members (excludes halogenated alkanes) is 3. The normalized spacial score (nSPS) is 10.9. The first-order chi connectivity index (χ1) is 12.2. The maximum atomic E-state index is 13.0. The number of H-pyrrole nitrogens is 1. The first kappa shape index (κ1) is 17.1. The summed E-state index contributed by atoms with van der Waals surface area (Å²) < 4.78 is 17.9. The van der Waals surface area contributed by atoms with E-state index in [2.05, 4.69) is 15.0 Å². The van der Waals surface area contributed by atoms with Crippen molar-refractivity contribution in [3.05, 3.63) is 60.5 Å². The average molecular weight is 341 g/mol. The highest BCUT2D eigenvalue weighted by Gasteiger charge is 2.09. The van der Waals surface area contributed by atoms with Gasteiger partial charge in [0.2, 0.25) is 5.78 Å². The Kier molecular flexibility index (Phi) is 5.72. The lowest BCUT2D eigenvalue weighted by Gasteiger charge is -2.00. The van der Waals surface area contributed by atoms with E-state index >= 15 is 0 Å². The lowest BCUT2D eigenvalue weighted by molar-refractivity contribution is 0.0945. The number of aromatic nitrogens is 3. The SMILES string of the molecule is O=C(CCCCCCc1ncc(-c2ccc(F)cc2)[nH]1)c1ncco1. The van der Waals surface area contributed by atoms with Crippen molar-refractivity contribution in [1.29, 1.82) is 0 Å². The number of aryl methyl sites for hydroxylation is 1. The summed E-state index contributed by atoms with van der Waals surface area (Å²) in [6.07, 6.45) is 9.85. The van der Waals surface area contributed by atoms with Crippen LogP contribution < -0.4 is 0 Å². The van der Waals surface area contributed by atoms with Crippen LogP contribution >= 0.6 is 0 Å². The topological polar surface area (TPSA) is 71.8 Å². The fraction of sp³-hybridized carbons (Fsp3) is 0.316. The Balaban J connectivity index is 1.35. The van der Waals surface area contributed by atoms with Crippen LogP contribution in [-0.2, 0) is 6.42 Å². The van der Waals surface area contributed by atoms with Gasteiger partial charge in [-0.25, -0.2) is 14.4 Å². The van der Waals surface area contributed by atoms with Crippen LogP contribution in [0.3, 0.4) is 0 Å². The molecule has 0 aliphatic heterocycles. The van der Waals surface area contributed by atoms with Gasteiger partial charge < -0.3 is 9.40 Å². The van der Waals surface area contributed by atoms with Gasteiger partial charge in [-0.15, -0.1) is 0 Å². The second-order valence-corrected chi connectivity index (χ2v) is 5.93. The van der Waals surface area contributed by atoms with Crippen LogP contribution in [0.1, 0.15) is 48.6 Å². The van der Waals surface area contributed by atoms with E-state index in [1.165, 1.54) is 24.6 Å². The van der Waals surface area contributed by atoms with Gasteiger partial charge in [-0.2, -0.15) is 0 Å². The van der Waals surface area contributed by atoms with E-state index in [1.807, 2.05) is 0 Å². The van der Waals surface area contributed by atoms with Crippen LogP contribution in [0.2, 0.25) is 0 Å². The summed E-state index contributed by atoms with van der Waals surface area (Å²) in [5.41, 5.74) is 1.82. The van der Waals surface area contributed by atoms with Gasteiger partial charge in [0, 0.05) is 12.8 Å². The van der Waals surface area contributed by atoms with E-state index in [1.54, 1.807) is 18.3 Å². The Morgan fingerprint density at radius 1 is 1.08 bits per heavy atom. The standard InChI is InChI=1S/C19H20FN3O2/c20-15-9-7-14(8-10-15)16-13-22-18(23-16)6-4-2-1-3-5-17(24)19-21-11-12-25-19/h7-13H,1-6H2,(H,22,23). The van der Waals surface area contributed by atoms with Crippen LogP contribution in [0.25, 0.3) is 11.3 Å². The molecule has 1 aromatic carbocycles. The van der Waals surface area contributed by atoms with Crippen molar-refractivity contribution in [2.45, 2.75) is 38.5 Å². The zero-order valence-electron chi connectivity index (χ0n) is 13.9. The molecule has 6 heteroatoms. The quantitative estimate of drug-likeness (QED) is 0.457. The van der Waals surface area contributed by atoms with E-state index in [0.717, 1.165) is 49.2 Å². The minimum Gasteiger partial charge on any atom is -0.442 e. The summed E-state index contributed by atoms with van der Waals surface area (Å²) in [5, 5.41) is 0. The Bertz CT molecular complexity index is 794. The summed E-state index contributed by atoms with van der Waals surface area (Å²) in [5.74, 6) is 0.837. The van der Waals surface area contributed by atoms with Crippen molar-refractivity contribution in [3.63, 3.8) is 0 Å². The molecular weight excluding hydrogens is 321 g/mol. The molecule has 0 radical (unpaired) electrons. The number of hydrogen-bond donors (Lipinski definition) is 1. The number of Topliss-reactive ketones (excluding diaryl/α,β-unsaturated/α-hetero) is 1. The third-order valence-corrected chi connectivity index (χ3v) is 4.02. The van der Waals surface area contributed by atoms with Gasteiger partial charge in [0.1, 0.15) is 17.9 Å². The average Bonchev–Trinajstić information content (AvgIpc) is 3.30. The summed E-state index contributed by atoms with van der Waals surface area (Å²) in [7, 11) is 0. The second kappa shape index (κ2) is 8.37. The summed E-state index contributed by atoms with van der Waals surface area (Å²) in [6.45, 7) is 0. The summed E-state index contributed by atoms with van der Waals surface area (Å²) >= 11 is 0. The molecule has 130 valence electrons. The third-order valence-electron chi connectivity index (χ3n) is 4.02. The smallest absolute Gasteiger partial charge is 0.263 e. The molecular formula is C19H20FN3O2. The zero-order chi connectivity index (χ0) is 17.5. The third kappa shape index (κ3) is 4.86. The minimum absolute atomic E-state index is 0.0417. The first-order valence-corrected chi connectivity index (χ1v) is 8.45. The molecule has 0 saturated heterocycles. The highest BCUT2D eigenvalue weighted by Crippen LogP contribution is 2.18. The number of halogens is 1. The van der Waals surface area contributed by atoms with E-state index in [0.29, 0.717) is 6.42 Å². The highest BCUT2D eigenvalue weighted by molar-refractivity contribution is 5.91. The van der Waals surface area contributed by atoms with Gasteiger partial charge in [0.25, 0.3) is 5.89 Å². The molecule has 25 heavy (non-hydrogen) atoms. The fourth-order valence-electron chi connectivity index (χ4n) is 2.67. The Morgan fingerprint density at radius 3 is 2.64 bits per heavy atom. The Morgan fingerprint density at radius 2 is 1.88 bits per heavy atom. The van der Waals surface area contributed by atoms with Gasteiger partial charge >= 0.3 is 0 Å². The van der Waals surface area contributed by atoms with Crippen molar-refractivity contribution in [3.8, 4) is 11.3 Å². The largest absolute Gasteiger partial charge is 0.442 e. The fourth-order valence-corrected chi connectivity index (χ4v) is 2.67. The molecule has 0 bridgehead atoms. The van der Waals surface area contributed by atoms with Crippen molar-refractivity contribution in [1.82, 2.24) is 15.0 Å². The van der Waals surface area contributed by atoms with Crippen LogP contribution in [0.5, 0.6) is 0 Å². The van der Waals surface area contributed by atoms with Crippen LogP contribution in [0.15, 0.2) is 47.3 Å². The molecule has 2 aromatic heterocycles. The number of hydrogen-bond acceptors (Lipinski definition) is 4. The van der Waals surface area contributed by atoms with E-state index in [9.17, 15) is 9.18 Å². The monoisotopic (exact) mass is 341 g/mol. The molecule has 3 rings (SSSR count). The molecule has 0 atom stereocenters. The maximum Gasteiger partial charge on any atom is 0.263 e. The number of rotatable bonds is 9. The molecule has 0 saturated carbocycles. The second-order valence-electron chi connectivity index (χ2n) is 5.93.